The van der Waals surface area contributed by atoms with E-state index in [-0.39, 0.29) is 24.3 Å². The average Bonchev–Trinajstić information content (AvgIpc) is 2.96. The Morgan fingerprint density at radius 1 is 1.25 bits per heavy atom. The lowest BCUT2D eigenvalue weighted by molar-refractivity contribution is -0.119. The quantitative estimate of drug-likeness (QED) is 0.807. The Morgan fingerprint density at radius 2 is 2.00 bits per heavy atom. The van der Waals surface area contributed by atoms with E-state index in [2.05, 4.69) is 20.9 Å². The molecule has 0 bridgehead atoms. The molecule has 2 amide bonds. The van der Waals surface area contributed by atoms with Crippen LogP contribution in [-0.4, -0.2) is 33.4 Å². The summed E-state index contributed by atoms with van der Waals surface area (Å²) in [7, 11) is 0. The Balaban J connectivity index is 1.96. The molecular weight excluding hydrogens is 310 g/mol. The van der Waals surface area contributed by atoms with Crippen LogP contribution in [0.3, 0.4) is 0 Å². The maximum atomic E-state index is 12.1. The summed E-state index contributed by atoms with van der Waals surface area (Å²) >= 11 is 0. The van der Waals surface area contributed by atoms with E-state index in [9.17, 15) is 9.59 Å². The number of carbonyl (C=O) groups is 2. The number of carbonyl (C=O) groups excluding carboxylic acids is 2. The molecule has 8 nitrogen and oxygen atoms in total. The minimum absolute atomic E-state index is 0.0228. The summed E-state index contributed by atoms with van der Waals surface area (Å²) in [5.74, 6) is 0.340. The van der Waals surface area contributed by atoms with Crippen LogP contribution in [0.25, 0.3) is 0 Å². The highest BCUT2D eigenvalue weighted by Gasteiger charge is 2.12. The number of para-hydroxylation sites is 2. The molecule has 2 rings (SSSR count). The van der Waals surface area contributed by atoms with Crippen molar-refractivity contribution in [2.75, 3.05) is 17.2 Å². The van der Waals surface area contributed by atoms with E-state index in [0.717, 1.165) is 0 Å². The van der Waals surface area contributed by atoms with Crippen molar-refractivity contribution in [3.8, 4) is 5.75 Å². The third-order valence-electron chi connectivity index (χ3n) is 3.08. The fourth-order valence-electron chi connectivity index (χ4n) is 1.89. The predicted octanol–water partition coefficient (Wildman–Crippen LogP) is 1.91. The predicted molar refractivity (Wildman–Crippen MR) is 89.7 cm³/mol. The molecular formula is C16H21N5O3. The molecule has 0 atom stereocenters. The summed E-state index contributed by atoms with van der Waals surface area (Å²) < 4.78 is 6.82. The molecule has 2 N–H and O–H groups in total. The summed E-state index contributed by atoms with van der Waals surface area (Å²) in [6.07, 6.45) is 1.51. The van der Waals surface area contributed by atoms with Gasteiger partial charge in [-0.25, -0.2) is 4.68 Å². The van der Waals surface area contributed by atoms with Crippen LogP contribution >= 0.6 is 0 Å². The van der Waals surface area contributed by atoms with Gasteiger partial charge in [-0.3, -0.25) is 9.59 Å². The number of nitrogens with one attached hydrogen (secondary N) is 2. The third-order valence-corrected chi connectivity index (χ3v) is 3.08. The highest BCUT2D eigenvalue weighted by atomic mass is 16.5. The highest BCUT2D eigenvalue weighted by Crippen LogP contribution is 2.23. The van der Waals surface area contributed by atoms with Gasteiger partial charge in [0.05, 0.1) is 18.5 Å². The van der Waals surface area contributed by atoms with Gasteiger partial charge in [0.25, 0.3) is 0 Å². The van der Waals surface area contributed by atoms with Crippen molar-refractivity contribution in [3.63, 3.8) is 0 Å². The maximum absolute atomic E-state index is 12.1. The number of aromatic nitrogens is 3. The lowest BCUT2D eigenvalue weighted by Crippen LogP contribution is -2.20. The van der Waals surface area contributed by atoms with Crippen LogP contribution in [0, 0.1) is 5.92 Å². The van der Waals surface area contributed by atoms with Crippen LogP contribution in [0.15, 0.2) is 30.5 Å². The monoisotopic (exact) mass is 331 g/mol. The standard InChI is InChI=1S/C16H21N5O3/c1-4-24-13-8-6-5-7-12(13)17-15(22)10-21-9-14(19-20-21)18-16(23)11(2)3/h5-9,11H,4,10H2,1-3H3,(H,17,22)(H,18,23). The second-order valence-electron chi connectivity index (χ2n) is 5.42. The van der Waals surface area contributed by atoms with Crippen LogP contribution in [0.5, 0.6) is 5.75 Å². The van der Waals surface area contributed by atoms with Gasteiger partial charge in [0, 0.05) is 5.92 Å². The zero-order chi connectivity index (χ0) is 17.5. The molecule has 0 unspecified atom stereocenters. The number of anilines is 2. The molecule has 0 radical (unpaired) electrons. The Morgan fingerprint density at radius 3 is 2.71 bits per heavy atom. The van der Waals surface area contributed by atoms with E-state index in [1.165, 1.54) is 10.9 Å². The molecule has 8 heteroatoms. The Labute approximate surface area is 140 Å². The van der Waals surface area contributed by atoms with Crippen LogP contribution in [-0.2, 0) is 16.1 Å². The van der Waals surface area contributed by atoms with Crippen molar-refractivity contribution in [1.82, 2.24) is 15.0 Å². The molecule has 2 aromatic rings. The van der Waals surface area contributed by atoms with E-state index in [4.69, 9.17) is 4.74 Å². The fraction of sp³-hybridized carbons (Fsp3) is 0.375. The first kappa shape index (κ1) is 17.5. The van der Waals surface area contributed by atoms with Gasteiger partial charge in [-0.1, -0.05) is 31.2 Å². The summed E-state index contributed by atoms with van der Waals surface area (Å²) in [5, 5.41) is 13.0. The summed E-state index contributed by atoms with van der Waals surface area (Å²) in [4.78, 5) is 23.7. The third kappa shape index (κ3) is 4.80. The molecule has 0 aliphatic rings. The molecule has 0 aliphatic heterocycles. The lowest BCUT2D eigenvalue weighted by Gasteiger charge is -2.10. The number of hydrogen-bond donors (Lipinski definition) is 2. The topological polar surface area (TPSA) is 98.1 Å². The highest BCUT2D eigenvalue weighted by molar-refractivity contribution is 5.92. The van der Waals surface area contributed by atoms with Crippen molar-refractivity contribution in [1.29, 1.82) is 0 Å². The number of nitrogens with zero attached hydrogens (tertiary/aromatic N) is 3. The van der Waals surface area contributed by atoms with E-state index >= 15 is 0 Å². The van der Waals surface area contributed by atoms with Crippen molar-refractivity contribution in [2.24, 2.45) is 5.92 Å². The molecule has 1 aromatic heterocycles. The molecule has 0 saturated heterocycles. The second kappa shape index (κ2) is 8.09. The molecule has 128 valence electrons. The van der Waals surface area contributed by atoms with Crippen LogP contribution in [0.4, 0.5) is 11.5 Å². The van der Waals surface area contributed by atoms with Gasteiger partial charge < -0.3 is 15.4 Å². The van der Waals surface area contributed by atoms with E-state index in [0.29, 0.717) is 23.9 Å². The van der Waals surface area contributed by atoms with Gasteiger partial charge >= 0.3 is 0 Å². The van der Waals surface area contributed by atoms with Gasteiger partial charge in [-0.05, 0) is 19.1 Å². The first-order valence-corrected chi connectivity index (χ1v) is 7.72. The second-order valence-corrected chi connectivity index (χ2v) is 5.42. The molecule has 1 aromatic carbocycles. The minimum atomic E-state index is -0.270. The zero-order valence-corrected chi connectivity index (χ0v) is 13.9. The first-order chi connectivity index (χ1) is 11.5. The van der Waals surface area contributed by atoms with Crippen LogP contribution in [0.2, 0.25) is 0 Å². The molecule has 0 aliphatic carbocycles. The van der Waals surface area contributed by atoms with Gasteiger partial charge in [-0.2, -0.15) is 0 Å². The number of ether oxygens (including phenoxy) is 1. The number of hydrogen-bond acceptors (Lipinski definition) is 5. The van der Waals surface area contributed by atoms with Crippen molar-refractivity contribution < 1.29 is 14.3 Å². The summed E-state index contributed by atoms with van der Waals surface area (Å²) in [6.45, 7) is 5.92. The van der Waals surface area contributed by atoms with Crippen molar-refractivity contribution >= 4 is 23.3 Å². The minimum Gasteiger partial charge on any atom is -0.492 e. The van der Waals surface area contributed by atoms with Gasteiger partial charge in [-0.15, -0.1) is 5.10 Å². The smallest absolute Gasteiger partial charge is 0.246 e. The Kier molecular flexibility index (Phi) is 5.89. The largest absolute Gasteiger partial charge is 0.492 e. The Hall–Kier alpha value is -2.90. The zero-order valence-electron chi connectivity index (χ0n) is 13.9. The lowest BCUT2D eigenvalue weighted by atomic mass is 10.2. The summed E-state index contributed by atoms with van der Waals surface area (Å²) in [5.41, 5.74) is 0.595. The van der Waals surface area contributed by atoms with Crippen molar-refractivity contribution in [2.45, 2.75) is 27.3 Å². The Bertz CT molecular complexity index is 711. The normalized spacial score (nSPS) is 10.5. The van der Waals surface area contributed by atoms with Gasteiger partial charge in [0.1, 0.15) is 12.3 Å². The molecule has 1 heterocycles. The maximum Gasteiger partial charge on any atom is 0.246 e. The molecule has 0 fully saturated rings. The van der Waals surface area contributed by atoms with Crippen LogP contribution < -0.4 is 15.4 Å². The van der Waals surface area contributed by atoms with Gasteiger partial charge in [0.2, 0.25) is 11.8 Å². The van der Waals surface area contributed by atoms with Gasteiger partial charge in [0.15, 0.2) is 5.82 Å². The average molecular weight is 331 g/mol. The molecule has 0 spiro atoms. The van der Waals surface area contributed by atoms with E-state index in [1.54, 1.807) is 26.0 Å². The SMILES string of the molecule is CCOc1ccccc1NC(=O)Cn1cc(NC(=O)C(C)C)nn1. The summed E-state index contributed by atoms with van der Waals surface area (Å²) in [6, 6.07) is 7.20. The fourth-order valence-corrected chi connectivity index (χ4v) is 1.89. The van der Waals surface area contributed by atoms with Crippen molar-refractivity contribution in [3.05, 3.63) is 30.5 Å². The number of rotatable bonds is 7. The molecule has 24 heavy (non-hydrogen) atoms. The van der Waals surface area contributed by atoms with E-state index in [1.807, 2.05) is 19.1 Å². The van der Waals surface area contributed by atoms with E-state index < -0.39 is 0 Å². The number of benzene rings is 1. The first-order valence-electron chi connectivity index (χ1n) is 7.72. The van der Waals surface area contributed by atoms with Crippen LogP contribution in [0.1, 0.15) is 20.8 Å². The molecule has 0 saturated carbocycles. The number of amides is 2.